The van der Waals surface area contributed by atoms with E-state index >= 15 is 0 Å². The Bertz CT molecular complexity index is 2400. The molecule has 3 aromatic rings. The van der Waals surface area contributed by atoms with Gasteiger partial charge in [-0.3, -0.25) is 23.9 Å². The number of hydrogen-bond acceptors (Lipinski definition) is 7. The van der Waals surface area contributed by atoms with Crippen LogP contribution >= 0.6 is 0 Å². The predicted molar refractivity (Wildman–Crippen MR) is 216 cm³/mol. The molecular weight excluding hydrogens is 908 g/mol. The molecule has 2 saturated carbocycles. The summed E-state index contributed by atoms with van der Waals surface area (Å²) in [4.78, 5) is 71.7. The van der Waals surface area contributed by atoms with Crippen molar-refractivity contribution in [2.24, 2.45) is 21.7 Å². The maximum atomic E-state index is 14.8. The molecule has 1 aromatic heterocycles. The van der Waals surface area contributed by atoms with Crippen LogP contribution in [0.25, 0.3) is 0 Å². The second-order valence-corrected chi connectivity index (χ2v) is 19.0. The van der Waals surface area contributed by atoms with E-state index in [0.717, 1.165) is 22.6 Å². The number of benzene rings is 2. The third kappa shape index (κ3) is 8.96. The van der Waals surface area contributed by atoms with Crippen LogP contribution in [0.4, 0.5) is 39.5 Å². The van der Waals surface area contributed by atoms with Gasteiger partial charge in [0.25, 0.3) is 5.91 Å². The number of aromatic nitrogens is 2. The van der Waals surface area contributed by atoms with Gasteiger partial charge in [0.2, 0.25) is 17.7 Å². The average molecular weight is 955 g/mol. The summed E-state index contributed by atoms with van der Waals surface area (Å²) < 4.78 is 130. The summed E-state index contributed by atoms with van der Waals surface area (Å²) in [6.45, 7) is -1.01. The van der Waals surface area contributed by atoms with E-state index in [1.165, 1.54) is 58.1 Å². The lowest BCUT2D eigenvalue weighted by Crippen LogP contribution is -2.70. The molecule has 2 N–H and O–H groups in total. The fourth-order valence-corrected chi connectivity index (χ4v) is 9.73. The Morgan fingerprint density at radius 2 is 1.40 bits per heavy atom. The molecule has 4 heterocycles. The Balaban J connectivity index is 1.02. The molecule has 2 aliphatic carbocycles. The SMILES string of the molecule is C[C@]1(C(=O)N[C@@H](COCC2(C(F)(F)F)CC2)C(=O)N2CCC(c3ccc(C(=O)O)cc3)CC2)CN(C(=O)c2cnn(Cc3ccc(C(F)(F)F)cc3)c2)CC12CN(C(=O)C1(C(F)(F)F)CC1)C2. The quantitative estimate of drug-likeness (QED) is 0.184. The van der Waals surface area contributed by atoms with Gasteiger partial charge in [-0.15, -0.1) is 0 Å². The van der Waals surface area contributed by atoms with E-state index in [9.17, 15) is 68.6 Å². The zero-order chi connectivity index (χ0) is 48.5. The number of amides is 4. The van der Waals surface area contributed by atoms with Crippen LogP contribution in [-0.2, 0) is 31.8 Å². The van der Waals surface area contributed by atoms with E-state index in [1.54, 1.807) is 12.1 Å². The second kappa shape index (κ2) is 16.8. The highest BCUT2D eigenvalue weighted by Crippen LogP contribution is 2.61. The van der Waals surface area contributed by atoms with Crippen LogP contribution < -0.4 is 5.32 Å². The first-order valence-corrected chi connectivity index (χ1v) is 21.7. The van der Waals surface area contributed by atoms with Crippen LogP contribution in [0.1, 0.15) is 88.8 Å². The molecule has 13 nitrogen and oxygen atoms in total. The van der Waals surface area contributed by atoms with Gasteiger partial charge in [0, 0.05) is 50.9 Å². The number of carboxylic acid groups (broad SMARTS) is 1. The van der Waals surface area contributed by atoms with Crippen molar-refractivity contribution in [2.45, 2.75) is 82.5 Å². The minimum atomic E-state index is -4.83. The molecule has 362 valence electrons. The van der Waals surface area contributed by atoms with Crippen LogP contribution in [0.5, 0.6) is 0 Å². The number of piperidine rings is 1. The molecule has 5 aliphatic rings. The molecule has 1 spiro atoms. The number of likely N-dealkylation sites (tertiary alicyclic amines) is 3. The van der Waals surface area contributed by atoms with Gasteiger partial charge >= 0.3 is 24.5 Å². The van der Waals surface area contributed by atoms with Crippen molar-refractivity contribution < 1.29 is 73.3 Å². The van der Waals surface area contributed by atoms with E-state index in [2.05, 4.69) is 10.4 Å². The lowest BCUT2D eigenvalue weighted by Gasteiger charge is -2.55. The van der Waals surface area contributed by atoms with Crippen molar-refractivity contribution in [1.29, 1.82) is 0 Å². The zero-order valence-electron chi connectivity index (χ0n) is 36.1. The molecule has 5 fully saturated rings. The van der Waals surface area contributed by atoms with E-state index in [-0.39, 0.29) is 75.7 Å². The highest BCUT2D eigenvalue weighted by Gasteiger charge is 2.73. The Morgan fingerprint density at radius 3 is 1.94 bits per heavy atom. The molecule has 3 saturated heterocycles. The predicted octanol–water partition coefficient (Wildman–Crippen LogP) is 6.53. The zero-order valence-corrected chi connectivity index (χ0v) is 36.1. The van der Waals surface area contributed by atoms with Crippen molar-refractivity contribution in [3.8, 4) is 0 Å². The smallest absolute Gasteiger partial charge is 0.416 e. The van der Waals surface area contributed by atoms with Crippen LogP contribution in [-0.4, -0.2) is 130 Å². The van der Waals surface area contributed by atoms with E-state index in [1.807, 2.05) is 0 Å². The standard InChI is InChI=1S/C45H47F9N6O7/c1-39(37(65)56-33(21-67-26-40(12-13-40)44(49,50)51)35(62)57-16-10-29(11-17-57)28-4-6-30(7-5-28)36(63)64)22-58(23-41(39)24-59(25-41)38(66)42(14-15-42)45(52,53)54)34(61)31-18-55-60(20-31)19-27-2-8-32(9-3-27)43(46,47)48/h2-9,18,20,29,33H,10-17,19,21-26H2,1H3,(H,56,65)(H,63,64)/t33-,39+/m0/s1. The largest absolute Gasteiger partial charge is 0.478 e. The third-order valence-electron chi connectivity index (χ3n) is 14.6. The highest BCUT2D eigenvalue weighted by molar-refractivity contribution is 5.97. The minimum absolute atomic E-state index is 0.00864. The summed E-state index contributed by atoms with van der Waals surface area (Å²) in [5.74, 6) is -4.50. The molecule has 0 unspecified atom stereocenters. The Kier molecular flexibility index (Phi) is 12.0. The molecule has 0 bridgehead atoms. The summed E-state index contributed by atoms with van der Waals surface area (Å²) in [6, 6.07) is 9.07. The van der Waals surface area contributed by atoms with Gasteiger partial charge in [0.15, 0.2) is 0 Å². The topological polar surface area (TPSA) is 154 Å². The second-order valence-electron chi connectivity index (χ2n) is 19.0. The summed E-state index contributed by atoms with van der Waals surface area (Å²) >= 11 is 0. The Labute approximate surface area is 377 Å². The van der Waals surface area contributed by atoms with Crippen LogP contribution in [0, 0.1) is 21.7 Å². The molecule has 2 atom stereocenters. The van der Waals surface area contributed by atoms with Crippen molar-refractivity contribution in [3.05, 3.63) is 88.7 Å². The fourth-order valence-electron chi connectivity index (χ4n) is 9.73. The molecule has 2 aromatic carbocycles. The normalized spacial score (nSPS) is 22.6. The van der Waals surface area contributed by atoms with E-state index < -0.39 is 107 Å². The summed E-state index contributed by atoms with van der Waals surface area (Å²) in [6.07, 6.45) is -11.8. The summed E-state index contributed by atoms with van der Waals surface area (Å²) in [5.41, 5.74) is -7.20. The Hall–Kier alpha value is -5.67. The van der Waals surface area contributed by atoms with Crippen molar-refractivity contribution in [2.75, 3.05) is 52.5 Å². The number of aromatic carboxylic acids is 1. The first-order chi connectivity index (χ1) is 31.3. The van der Waals surface area contributed by atoms with Crippen LogP contribution in [0.3, 0.4) is 0 Å². The number of carboxylic acids is 1. The highest BCUT2D eigenvalue weighted by atomic mass is 19.4. The number of alkyl halides is 9. The summed E-state index contributed by atoms with van der Waals surface area (Å²) in [5, 5.41) is 16.1. The number of halogens is 9. The number of ether oxygens (including phenoxy) is 1. The van der Waals surface area contributed by atoms with Crippen LogP contribution in [0.15, 0.2) is 60.9 Å². The van der Waals surface area contributed by atoms with Crippen molar-refractivity contribution in [1.82, 2.24) is 29.8 Å². The fraction of sp³-hybridized carbons (Fsp3) is 0.556. The van der Waals surface area contributed by atoms with Gasteiger partial charge in [-0.05, 0) is 86.8 Å². The molecule has 67 heavy (non-hydrogen) atoms. The van der Waals surface area contributed by atoms with E-state index in [4.69, 9.17) is 4.74 Å². The monoisotopic (exact) mass is 954 g/mol. The molecular formula is C45H47F9N6O7. The van der Waals surface area contributed by atoms with E-state index in [0.29, 0.717) is 18.4 Å². The van der Waals surface area contributed by atoms with Crippen molar-refractivity contribution in [3.63, 3.8) is 0 Å². The van der Waals surface area contributed by atoms with Crippen molar-refractivity contribution >= 4 is 29.6 Å². The maximum Gasteiger partial charge on any atom is 0.416 e. The minimum Gasteiger partial charge on any atom is -0.478 e. The maximum absolute atomic E-state index is 14.8. The van der Waals surface area contributed by atoms with Gasteiger partial charge in [-0.2, -0.15) is 44.6 Å². The number of carbonyl (C=O) groups is 5. The first kappa shape index (κ1) is 47.8. The number of carbonyl (C=O) groups excluding carboxylic acids is 4. The van der Waals surface area contributed by atoms with Gasteiger partial charge in [0.05, 0.1) is 53.5 Å². The molecule has 4 amide bonds. The third-order valence-corrected chi connectivity index (χ3v) is 14.6. The van der Waals surface area contributed by atoms with Gasteiger partial charge in [-0.25, -0.2) is 4.79 Å². The van der Waals surface area contributed by atoms with Crippen LogP contribution in [0.2, 0.25) is 0 Å². The lowest BCUT2D eigenvalue weighted by atomic mass is 9.61. The number of nitrogens with one attached hydrogen (secondary N) is 1. The Morgan fingerprint density at radius 1 is 0.791 bits per heavy atom. The molecule has 3 aliphatic heterocycles. The lowest BCUT2D eigenvalue weighted by molar-refractivity contribution is -0.207. The number of hydrogen-bond donors (Lipinski definition) is 2. The van der Waals surface area contributed by atoms with Gasteiger partial charge < -0.3 is 29.9 Å². The number of rotatable bonds is 13. The summed E-state index contributed by atoms with van der Waals surface area (Å²) in [7, 11) is 0. The first-order valence-electron chi connectivity index (χ1n) is 21.7. The molecule has 8 rings (SSSR count). The molecule has 0 radical (unpaired) electrons. The molecule has 22 heteroatoms. The van der Waals surface area contributed by atoms with Gasteiger partial charge in [-0.1, -0.05) is 24.3 Å². The average Bonchev–Trinajstić information content (AvgIpc) is 4.18. The van der Waals surface area contributed by atoms with Gasteiger partial charge in [0.1, 0.15) is 11.5 Å². The number of nitrogens with zero attached hydrogens (tertiary/aromatic N) is 5.